The van der Waals surface area contributed by atoms with Crippen LogP contribution in [-0.4, -0.2) is 30.1 Å². The zero-order valence-electron chi connectivity index (χ0n) is 12.3. The Morgan fingerprint density at radius 1 is 1.35 bits per heavy atom. The van der Waals surface area contributed by atoms with Gasteiger partial charge in [0.2, 0.25) is 5.91 Å². The molecule has 0 aromatic carbocycles. The van der Waals surface area contributed by atoms with Crippen LogP contribution in [0.4, 0.5) is 0 Å². The van der Waals surface area contributed by atoms with Crippen LogP contribution < -0.4 is 16.6 Å². The Bertz CT molecular complexity index is 984. The van der Waals surface area contributed by atoms with Gasteiger partial charge in [-0.15, -0.1) is 0 Å². The highest BCUT2D eigenvalue weighted by molar-refractivity contribution is 5.75. The maximum atomic E-state index is 12.0. The van der Waals surface area contributed by atoms with Crippen LogP contribution in [0.25, 0.3) is 5.65 Å². The smallest absolute Gasteiger partial charge is 0.328 e. The van der Waals surface area contributed by atoms with E-state index in [9.17, 15) is 14.4 Å². The maximum Gasteiger partial charge on any atom is 0.328 e. The van der Waals surface area contributed by atoms with E-state index in [0.29, 0.717) is 11.2 Å². The Balaban J connectivity index is 1.71. The second-order valence-corrected chi connectivity index (χ2v) is 5.02. The van der Waals surface area contributed by atoms with Crippen LogP contribution in [0.5, 0.6) is 0 Å². The largest absolute Gasteiger partial charge is 0.349 e. The minimum atomic E-state index is -0.617. The van der Waals surface area contributed by atoms with Crippen molar-refractivity contribution < 1.29 is 4.79 Å². The second kappa shape index (κ2) is 5.87. The summed E-state index contributed by atoms with van der Waals surface area (Å²) in [5, 5.41) is 6.79. The molecule has 0 spiro atoms. The number of hydrogen-bond acceptors (Lipinski definition) is 5. The topological polar surface area (TPSA) is 114 Å². The predicted molar refractivity (Wildman–Crippen MR) is 80.9 cm³/mol. The average molecular weight is 314 g/mol. The Morgan fingerprint density at radius 3 is 3.00 bits per heavy atom. The molecule has 2 N–H and O–H groups in total. The third-order valence-electron chi connectivity index (χ3n) is 3.35. The summed E-state index contributed by atoms with van der Waals surface area (Å²) in [6, 6.07) is 5.44. The number of aryl methyl sites for hydroxylation is 1. The van der Waals surface area contributed by atoms with Crippen molar-refractivity contribution in [2.45, 2.75) is 20.0 Å². The maximum absolute atomic E-state index is 12.0. The standard InChI is InChI=1S/C14H14N6O3/c1-9-6-19(14(23)18-13(9)22)7-12(21)15-5-10-3-2-4-11-16-8-17-20(10)11/h2-4,6,8H,5,7H2,1H3,(H,15,21)(H,18,22,23). The Hall–Kier alpha value is -3.23. The van der Waals surface area contributed by atoms with Crippen molar-refractivity contribution in [2.24, 2.45) is 0 Å². The van der Waals surface area contributed by atoms with Crippen LogP contribution >= 0.6 is 0 Å². The number of carbonyl (C=O) groups is 1. The molecule has 0 fully saturated rings. The molecule has 0 aliphatic carbocycles. The van der Waals surface area contributed by atoms with Crippen molar-refractivity contribution in [3.05, 3.63) is 62.8 Å². The lowest BCUT2D eigenvalue weighted by atomic mass is 10.3. The zero-order chi connectivity index (χ0) is 16.4. The minimum absolute atomic E-state index is 0.177. The van der Waals surface area contributed by atoms with Gasteiger partial charge in [-0.25, -0.2) is 14.3 Å². The number of fused-ring (bicyclic) bond motifs is 1. The van der Waals surface area contributed by atoms with Crippen LogP contribution in [0.15, 0.2) is 40.3 Å². The van der Waals surface area contributed by atoms with Gasteiger partial charge in [0.05, 0.1) is 12.2 Å². The van der Waals surface area contributed by atoms with E-state index >= 15 is 0 Å². The fourth-order valence-electron chi connectivity index (χ4n) is 2.17. The first kappa shape index (κ1) is 14.7. The van der Waals surface area contributed by atoms with Crippen LogP contribution in [0.2, 0.25) is 0 Å². The lowest BCUT2D eigenvalue weighted by Gasteiger charge is -2.08. The molecule has 3 aromatic heterocycles. The van der Waals surface area contributed by atoms with E-state index < -0.39 is 11.2 Å². The molecule has 1 amide bonds. The monoisotopic (exact) mass is 314 g/mol. The summed E-state index contributed by atoms with van der Waals surface area (Å²) >= 11 is 0. The normalized spacial score (nSPS) is 10.8. The van der Waals surface area contributed by atoms with Gasteiger partial charge in [0, 0.05) is 11.8 Å². The molecule has 0 saturated heterocycles. The third-order valence-corrected chi connectivity index (χ3v) is 3.35. The van der Waals surface area contributed by atoms with Gasteiger partial charge in [0.1, 0.15) is 12.9 Å². The molecule has 3 heterocycles. The van der Waals surface area contributed by atoms with Crippen molar-refractivity contribution in [2.75, 3.05) is 0 Å². The van der Waals surface area contributed by atoms with Gasteiger partial charge in [-0.3, -0.25) is 19.1 Å². The summed E-state index contributed by atoms with van der Waals surface area (Å²) in [5.41, 5.74) is 0.742. The number of nitrogens with one attached hydrogen (secondary N) is 2. The molecule has 9 heteroatoms. The second-order valence-electron chi connectivity index (χ2n) is 5.02. The highest BCUT2D eigenvalue weighted by Crippen LogP contribution is 2.03. The number of H-pyrrole nitrogens is 1. The van der Waals surface area contributed by atoms with Crippen LogP contribution in [-0.2, 0) is 17.9 Å². The predicted octanol–water partition coefficient (Wildman–Crippen LogP) is -0.796. The van der Waals surface area contributed by atoms with Gasteiger partial charge in [0.25, 0.3) is 5.56 Å². The lowest BCUT2D eigenvalue weighted by Crippen LogP contribution is -2.36. The molecule has 3 aromatic rings. The lowest BCUT2D eigenvalue weighted by molar-refractivity contribution is -0.121. The van der Waals surface area contributed by atoms with E-state index in [0.717, 1.165) is 10.3 Å². The van der Waals surface area contributed by atoms with E-state index in [1.165, 1.54) is 12.5 Å². The zero-order valence-corrected chi connectivity index (χ0v) is 12.3. The van der Waals surface area contributed by atoms with E-state index in [1.807, 2.05) is 12.1 Å². The van der Waals surface area contributed by atoms with Crippen molar-refractivity contribution in [1.29, 1.82) is 0 Å². The Labute approximate surface area is 129 Å². The van der Waals surface area contributed by atoms with Gasteiger partial charge in [0.15, 0.2) is 5.65 Å². The molecule has 0 saturated carbocycles. The van der Waals surface area contributed by atoms with Gasteiger partial charge in [-0.05, 0) is 19.1 Å². The Kier molecular flexibility index (Phi) is 3.75. The van der Waals surface area contributed by atoms with Crippen LogP contribution in [0, 0.1) is 6.92 Å². The quantitative estimate of drug-likeness (QED) is 0.654. The molecule has 0 radical (unpaired) electrons. The highest BCUT2D eigenvalue weighted by atomic mass is 16.2. The van der Waals surface area contributed by atoms with Gasteiger partial charge in [-0.2, -0.15) is 5.10 Å². The number of amides is 1. The summed E-state index contributed by atoms with van der Waals surface area (Å²) in [6.45, 7) is 1.64. The fourth-order valence-corrected chi connectivity index (χ4v) is 2.17. The van der Waals surface area contributed by atoms with Gasteiger partial charge >= 0.3 is 5.69 Å². The first-order valence-corrected chi connectivity index (χ1v) is 6.89. The van der Waals surface area contributed by atoms with Gasteiger partial charge < -0.3 is 5.32 Å². The van der Waals surface area contributed by atoms with E-state index in [4.69, 9.17) is 0 Å². The molecule has 0 aliphatic heterocycles. The summed E-state index contributed by atoms with van der Waals surface area (Å²) in [6.07, 6.45) is 2.79. The van der Waals surface area contributed by atoms with Crippen molar-refractivity contribution in [3.8, 4) is 0 Å². The molecular weight excluding hydrogens is 300 g/mol. The van der Waals surface area contributed by atoms with E-state index in [-0.39, 0.29) is 19.0 Å². The highest BCUT2D eigenvalue weighted by Gasteiger charge is 2.08. The summed E-state index contributed by atoms with van der Waals surface area (Å²) < 4.78 is 2.78. The molecule has 0 aliphatic rings. The van der Waals surface area contributed by atoms with Crippen molar-refractivity contribution >= 4 is 11.6 Å². The Morgan fingerprint density at radius 2 is 2.17 bits per heavy atom. The molecule has 9 nitrogen and oxygen atoms in total. The third kappa shape index (κ3) is 3.03. The molecular formula is C14H14N6O3. The number of carbonyl (C=O) groups excluding carboxylic acids is 1. The number of aromatic amines is 1. The molecule has 118 valence electrons. The number of nitrogens with zero attached hydrogens (tertiary/aromatic N) is 4. The average Bonchev–Trinajstić information content (AvgIpc) is 2.99. The van der Waals surface area contributed by atoms with Crippen LogP contribution in [0.3, 0.4) is 0 Å². The number of hydrogen-bond donors (Lipinski definition) is 2. The SMILES string of the molecule is Cc1cn(CC(=O)NCc2cccc3ncnn23)c(=O)[nH]c1=O. The minimum Gasteiger partial charge on any atom is -0.349 e. The first-order chi connectivity index (χ1) is 11.0. The first-order valence-electron chi connectivity index (χ1n) is 6.89. The van der Waals surface area contributed by atoms with E-state index in [2.05, 4.69) is 20.4 Å². The van der Waals surface area contributed by atoms with Crippen LogP contribution in [0.1, 0.15) is 11.3 Å². The fraction of sp³-hybridized carbons (Fsp3) is 0.214. The molecule has 0 unspecified atom stereocenters. The number of pyridine rings is 1. The summed E-state index contributed by atoms with van der Waals surface area (Å²) in [4.78, 5) is 41.2. The summed E-state index contributed by atoms with van der Waals surface area (Å²) in [5.74, 6) is -0.351. The molecule has 23 heavy (non-hydrogen) atoms. The van der Waals surface area contributed by atoms with Crippen molar-refractivity contribution in [1.82, 2.24) is 29.5 Å². The van der Waals surface area contributed by atoms with Crippen molar-refractivity contribution in [3.63, 3.8) is 0 Å². The summed E-state index contributed by atoms with van der Waals surface area (Å²) in [7, 11) is 0. The van der Waals surface area contributed by atoms with Gasteiger partial charge in [-0.1, -0.05) is 6.07 Å². The molecule has 3 rings (SSSR count). The molecule has 0 atom stereocenters. The number of rotatable bonds is 4. The number of aromatic nitrogens is 5. The van der Waals surface area contributed by atoms with E-state index in [1.54, 1.807) is 17.5 Å². The molecule has 0 bridgehead atoms.